The molecule has 5 atom stereocenters. The van der Waals surface area contributed by atoms with E-state index in [4.69, 9.17) is 4.74 Å². The second-order valence-corrected chi connectivity index (χ2v) is 7.28. The van der Waals surface area contributed by atoms with Gasteiger partial charge in [-0.05, 0) is 31.2 Å². The Morgan fingerprint density at radius 2 is 1.74 bits per heavy atom. The Labute approximate surface area is 161 Å². The summed E-state index contributed by atoms with van der Waals surface area (Å²) in [5.74, 6) is -0.140. The lowest BCUT2D eigenvalue weighted by atomic mass is 9.91. The number of ether oxygens (including phenoxy) is 1. The first-order valence-corrected chi connectivity index (χ1v) is 10.0. The van der Waals surface area contributed by atoms with Crippen molar-refractivity contribution < 1.29 is 24.9 Å². The Bertz CT molecular complexity index is 551. The maximum atomic E-state index is 12.2. The number of aliphatic hydroxyl groups is 3. The minimum absolute atomic E-state index is 0.140. The molecule has 6 nitrogen and oxygen atoms in total. The summed E-state index contributed by atoms with van der Waals surface area (Å²) in [5.41, 5.74) is 1.34. The zero-order valence-corrected chi connectivity index (χ0v) is 16.1. The monoisotopic (exact) mass is 379 g/mol. The molecule has 1 aliphatic rings. The molecule has 0 aliphatic carbocycles. The fourth-order valence-electron chi connectivity index (χ4n) is 3.59. The molecule has 0 aromatic heterocycles. The summed E-state index contributed by atoms with van der Waals surface area (Å²) in [6.07, 6.45) is 2.39. The third-order valence-corrected chi connectivity index (χ3v) is 5.22. The van der Waals surface area contributed by atoms with Crippen LogP contribution in [0.3, 0.4) is 0 Å². The minimum Gasteiger partial charge on any atom is -0.394 e. The number of aryl methyl sites for hydroxylation is 1. The van der Waals surface area contributed by atoms with Gasteiger partial charge in [0, 0.05) is 6.42 Å². The van der Waals surface area contributed by atoms with E-state index in [-0.39, 0.29) is 12.5 Å². The first-order valence-electron chi connectivity index (χ1n) is 10.0. The average molecular weight is 379 g/mol. The standard InChI is InChI=1S/C21H33NO5/c1-2-16-19(21(26)20(25)17(14-23)27-16)22-18(24)13-9-4-3-6-10-15-11-7-5-8-12-15/h5,7-8,11-12,16-17,19-21,23,25-26H,2-4,6,9-10,13-14H2,1H3,(H,22,24)/t16-,17?,19?,20+,21?/m0/s1. The highest BCUT2D eigenvalue weighted by Gasteiger charge is 2.43. The topological polar surface area (TPSA) is 99.0 Å². The van der Waals surface area contributed by atoms with Crippen molar-refractivity contribution in [2.24, 2.45) is 0 Å². The Morgan fingerprint density at radius 1 is 1.04 bits per heavy atom. The lowest BCUT2D eigenvalue weighted by molar-refractivity contribution is -0.195. The largest absolute Gasteiger partial charge is 0.394 e. The summed E-state index contributed by atoms with van der Waals surface area (Å²) < 4.78 is 5.61. The summed E-state index contributed by atoms with van der Waals surface area (Å²) in [6.45, 7) is 1.52. The highest BCUT2D eigenvalue weighted by molar-refractivity contribution is 5.76. The minimum atomic E-state index is -1.21. The van der Waals surface area contributed by atoms with Crippen LogP contribution in [0, 0.1) is 0 Å². The molecule has 1 aliphatic heterocycles. The lowest BCUT2D eigenvalue weighted by Crippen LogP contribution is -2.64. The Kier molecular flexibility index (Phi) is 9.21. The van der Waals surface area contributed by atoms with Gasteiger partial charge in [0.2, 0.25) is 5.91 Å². The van der Waals surface area contributed by atoms with E-state index in [1.54, 1.807) is 0 Å². The number of nitrogens with one attached hydrogen (secondary N) is 1. The molecule has 27 heavy (non-hydrogen) atoms. The smallest absolute Gasteiger partial charge is 0.220 e. The van der Waals surface area contributed by atoms with Crippen LogP contribution in [0.15, 0.2) is 30.3 Å². The molecule has 1 heterocycles. The van der Waals surface area contributed by atoms with Gasteiger partial charge in [-0.25, -0.2) is 0 Å². The van der Waals surface area contributed by atoms with Gasteiger partial charge in [0.25, 0.3) is 0 Å². The molecule has 1 aromatic rings. The zero-order chi connectivity index (χ0) is 19.6. The SMILES string of the molecule is CC[C@@H]1OC(CO)[C@@H](O)C(O)C1NC(=O)CCCCCCc1ccccc1. The molecule has 0 spiro atoms. The van der Waals surface area contributed by atoms with Gasteiger partial charge in [-0.1, -0.05) is 50.1 Å². The van der Waals surface area contributed by atoms with Crippen LogP contribution in [0.5, 0.6) is 0 Å². The first-order chi connectivity index (χ1) is 13.1. The van der Waals surface area contributed by atoms with E-state index in [9.17, 15) is 20.1 Å². The normalized spacial score (nSPS) is 28.1. The summed E-state index contributed by atoms with van der Waals surface area (Å²) in [4.78, 5) is 12.2. The molecule has 0 bridgehead atoms. The summed E-state index contributed by atoms with van der Waals surface area (Å²) in [7, 11) is 0. The first kappa shape index (κ1) is 21.8. The fourth-order valence-corrected chi connectivity index (χ4v) is 3.59. The predicted octanol–water partition coefficient (Wildman–Crippen LogP) is 1.56. The van der Waals surface area contributed by atoms with Gasteiger partial charge in [0.1, 0.15) is 18.3 Å². The van der Waals surface area contributed by atoms with Crippen LogP contribution in [0.4, 0.5) is 0 Å². The number of unbranched alkanes of at least 4 members (excludes halogenated alkanes) is 3. The van der Waals surface area contributed by atoms with Gasteiger partial charge >= 0.3 is 0 Å². The predicted molar refractivity (Wildman–Crippen MR) is 103 cm³/mol. The van der Waals surface area contributed by atoms with Crippen LogP contribution in [0.25, 0.3) is 0 Å². The molecule has 6 heteroatoms. The molecule has 1 saturated heterocycles. The van der Waals surface area contributed by atoms with Crippen molar-refractivity contribution in [3.63, 3.8) is 0 Å². The maximum absolute atomic E-state index is 12.2. The van der Waals surface area contributed by atoms with E-state index in [1.807, 2.05) is 25.1 Å². The van der Waals surface area contributed by atoms with Gasteiger partial charge in [-0.3, -0.25) is 4.79 Å². The Hall–Kier alpha value is -1.47. The number of amides is 1. The highest BCUT2D eigenvalue weighted by atomic mass is 16.5. The number of aliphatic hydroxyl groups excluding tert-OH is 3. The third-order valence-electron chi connectivity index (χ3n) is 5.22. The van der Waals surface area contributed by atoms with E-state index < -0.39 is 30.5 Å². The second kappa shape index (κ2) is 11.4. The van der Waals surface area contributed by atoms with E-state index in [0.717, 1.165) is 32.1 Å². The molecule has 152 valence electrons. The van der Waals surface area contributed by atoms with E-state index in [1.165, 1.54) is 5.56 Å². The molecule has 2 rings (SSSR count). The molecule has 1 amide bonds. The van der Waals surface area contributed by atoms with Gasteiger partial charge in [0.05, 0.1) is 18.8 Å². The van der Waals surface area contributed by atoms with Crippen molar-refractivity contribution in [2.75, 3.05) is 6.61 Å². The quantitative estimate of drug-likeness (QED) is 0.463. The summed E-state index contributed by atoms with van der Waals surface area (Å²) >= 11 is 0. The van der Waals surface area contributed by atoms with Gasteiger partial charge in [0.15, 0.2) is 0 Å². The number of rotatable bonds is 10. The molecule has 0 saturated carbocycles. The van der Waals surface area contributed by atoms with E-state index >= 15 is 0 Å². The van der Waals surface area contributed by atoms with Crippen LogP contribution in [-0.2, 0) is 16.0 Å². The van der Waals surface area contributed by atoms with Gasteiger partial charge in [-0.15, -0.1) is 0 Å². The molecule has 1 fully saturated rings. The van der Waals surface area contributed by atoms with Gasteiger partial charge in [-0.2, -0.15) is 0 Å². The molecular weight excluding hydrogens is 346 g/mol. The van der Waals surface area contributed by atoms with E-state index in [2.05, 4.69) is 17.4 Å². The molecule has 3 unspecified atom stereocenters. The lowest BCUT2D eigenvalue weighted by Gasteiger charge is -2.42. The Balaban J connectivity index is 1.66. The number of hydrogen-bond donors (Lipinski definition) is 4. The summed E-state index contributed by atoms with van der Waals surface area (Å²) in [6, 6.07) is 9.72. The second-order valence-electron chi connectivity index (χ2n) is 7.28. The van der Waals surface area contributed by atoms with Crippen LogP contribution in [0.1, 0.15) is 51.0 Å². The van der Waals surface area contributed by atoms with Crippen LogP contribution >= 0.6 is 0 Å². The van der Waals surface area contributed by atoms with Crippen molar-refractivity contribution in [1.82, 2.24) is 5.32 Å². The van der Waals surface area contributed by atoms with Crippen LogP contribution in [0.2, 0.25) is 0 Å². The van der Waals surface area contributed by atoms with E-state index in [0.29, 0.717) is 12.8 Å². The van der Waals surface area contributed by atoms with Crippen LogP contribution < -0.4 is 5.32 Å². The number of carbonyl (C=O) groups is 1. The van der Waals surface area contributed by atoms with Crippen molar-refractivity contribution >= 4 is 5.91 Å². The zero-order valence-electron chi connectivity index (χ0n) is 16.1. The number of benzene rings is 1. The molecular formula is C21H33NO5. The average Bonchev–Trinajstić information content (AvgIpc) is 2.69. The third kappa shape index (κ3) is 6.57. The van der Waals surface area contributed by atoms with Crippen LogP contribution in [-0.4, -0.2) is 58.3 Å². The summed E-state index contributed by atoms with van der Waals surface area (Å²) in [5, 5.41) is 32.3. The van der Waals surface area contributed by atoms with Crippen molar-refractivity contribution in [1.29, 1.82) is 0 Å². The number of carbonyl (C=O) groups excluding carboxylic acids is 1. The van der Waals surface area contributed by atoms with Crippen molar-refractivity contribution in [2.45, 2.75) is 82.3 Å². The molecule has 0 radical (unpaired) electrons. The fraction of sp³-hybridized carbons (Fsp3) is 0.667. The van der Waals surface area contributed by atoms with Crippen molar-refractivity contribution in [3.05, 3.63) is 35.9 Å². The number of hydrogen-bond acceptors (Lipinski definition) is 5. The van der Waals surface area contributed by atoms with Crippen molar-refractivity contribution in [3.8, 4) is 0 Å². The highest BCUT2D eigenvalue weighted by Crippen LogP contribution is 2.23. The molecule has 1 aromatic carbocycles. The molecule has 4 N–H and O–H groups in total. The Morgan fingerprint density at radius 3 is 2.41 bits per heavy atom. The van der Waals surface area contributed by atoms with Gasteiger partial charge < -0.3 is 25.4 Å². The maximum Gasteiger partial charge on any atom is 0.220 e.